The average Bonchev–Trinajstić information content (AvgIpc) is 3.48. The first-order valence-electron chi connectivity index (χ1n) is 9.49. The van der Waals surface area contributed by atoms with Gasteiger partial charge in [0.1, 0.15) is 0 Å². The van der Waals surface area contributed by atoms with Crippen LogP contribution in [0, 0.1) is 17.8 Å². The van der Waals surface area contributed by atoms with Gasteiger partial charge in [-0.15, -0.1) is 0 Å². The molecule has 2 rings (SSSR count). The summed E-state index contributed by atoms with van der Waals surface area (Å²) in [6.07, 6.45) is 4.95. The molecule has 4 N–H and O–H groups in total. The highest BCUT2D eigenvalue weighted by molar-refractivity contribution is 6.35. The molecule has 146 valence electrons. The SMILES string of the molecule is CC(C)C[C@@H](CNC(=O)C(=O)NCC1CC1)NC(=O)C(=O)NCC1CC1. The van der Waals surface area contributed by atoms with E-state index in [2.05, 4.69) is 21.3 Å². The molecule has 8 nitrogen and oxygen atoms in total. The van der Waals surface area contributed by atoms with E-state index in [4.69, 9.17) is 0 Å². The van der Waals surface area contributed by atoms with Crippen LogP contribution in [0.4, 0.5) is 0 Å². The molecule has 0 unspecified atom stereocenters. The zero-order chi connectivity index (χ0) is 19.1. The number of hydrogen-bond acceptors (Lipinski definition) is 4. The van der Waals surface area contributed by atoms with Gasteiger partial charge >= 0.3 is 23.6 Å². The van der Waals surface area contributed by atoms with Crippen LogP contribution in [-0.4, -0.2) is 49.3 Å². The van der Waals surface area contributed by atoms with Gasteiger partial charge in [0.15, 0.2) is 0 Å². The third-order valence-corrected chi connectivity index (χ3v) is 4.51. The molecule has 0 bridgehead atoms. The van der Waals surface area contributed by atoms with Gasteiger partial charge in [-0.05, 0) is 49.9 Å². The van der Waals surface area contributed by atoms with Crippen molar-refractivity contribution >= 4 is 23.6 Å². The molecule has 26 heavy (non-hydrogen) atoms. The van der Waals surface area contributed by atoms with Gasteiger partial charge in [-0.2, -0.15) is 0 Å². The second kappa shape index (κ2) is 9.54. The van der Waals surface area contributed by atoms with Crippen molar-refractivity contribution in [3.63, 3.8) is 0 Å². The van der Waals surface area contributed by atoms with Crippen LogP contribution in [-0.2, 0) is 19.2 Å². The summed E-state index contributed by atoms with van der Waals surface area (Å²) in [5.41, 5.74) is 0. The van der Waals surface area contributed by atoms with Crippen molar-refractivity contribution in [2.24, 2.45) is 17.8 Å². The summed E-state index contributed by atoms with van der Waals surface area (Å²) in [5.74, 6) is -1.49. The zero-order valence-corrected chi connectivity index (χ0v) is 15.6. The summed E-state index contributed by atoms with van der Waals surface area (Å²) in [5, 5.41) is 10.4. The van der Waals surface area contributed by atoms with E-state index in [9.17, 15) is 19.2 Å². The maximum Gasteiger partial charge on any atom is 0.309 e. The van der Waals surface area contributed by atoms with E-state index in [1.807, 2.05) is 13.8 Å². The Balaban J connectivity index is 1.73. The maximum atomic E-state index is 12.0. The van der Waals surface area contributed by atoms with Crippen LogP contribution in [0.5, 0.6) is 0 Å². The summed E-state index contributed by atoms with van der Waals surface area (Å²) >= 11 is 0. The molecule has 2 saturated carbocycles. The lowest BCUT2D eigenvalue weighted by Crippen LogP contribution is -2.51. The van der Waals surface area contributed by atoms with Crippen molar-refractivity contribution in [1.82, 2.24) is 21.3 Å². The smallest absolute Gasteiger partial charge is 0.309 e. The Morgan fingerprint density at radius 1 is 0.769 bits per heavy atom. The van der Waals surface area contributed by atoms with Crippen molar-refractivity contribution in [3.05, 3.63) is 0 Å². The van der Waals surface area contributed by atoms with Gasteiger partial charge in [0.2, 0.25) is 0 Å². The Morgan fingerprint density at radius 2 is 1.23 bits per heavy atom. The topological polar surface area (TPSA) is 116 Å². The van der Waals surface area contributed by atoms with Crippen LogP contribution >= 0.6 is 0 Å². The van der Waals surface area contributed by atoms with Gasteiger partial charge in [0.05, 0.1) is 0 Å². The van der Waals surface area contributed by atoms with Gasteiger partial charge in [0, 0.05) is 25.7 Å². The van der Waals surface area contributed by atoms with E-state index in [1.165, 1.54) is 0 Å². The minimum absolute atomic E-state index is 0.107. The fraction of sp³-hybridized carbons (Fsp3) is 0.778. The van der Waals surface area contributed by atoms with Gasteiger partial charge in [0.25, 0.3) is 0 Å². The lowest BCUT2D eigenvalue weighted by Gasteiger charge is -2.20. The normalized spacial score (nSPS) is 17.3. The summed E-state index contributed by atoms with van der Waals surface area (Å²) in [7, 11) is 0. The fourth-order valence-electron chi connectivity index (χ4n) is 2.59. The minimum atomic E-state index is -0.716. The Kier molecular flexibility index (Phi) is 7.41. The molecule has 0 spiro atoms. The van der Waals surface area contributed by atoms with E-state index in [1.54, 1.807) is 0 Å². The first-order valence-corrected chi connectivity index (χ1v) is 9.49. The molecule has 0 aliphatic heterocycles. The highest BCUT2D eigenvalue weighted by atomic mass is 16.2. The number of amides is 4. The quantitative estimate of drug-likeness (QED) is 0.419. The Morgan fingerprint density at radius 3 is 1.69 bits per heavy atom. The molecule has 4 amide bonds. The molecule has 8 heteroatoms. The summed E-state index contributed by atoms with van der Waals surface area (Å²) in [4.78, 5) is 47.4. The van der Waals surface area contributed by atoms with E-state index >= 15 is 0 Å². The van der Waals surface area contributed by atoms with Gasteiger partial charge in [-0.25, -0.2) is 0 Å². The van der Waals surface area contributed by atoms with E-state index in [-0.39, 0.29) is 12.5 Å². The molecule has 2 aliphatic carbocycles. The number of nitrogens with one attached hydrogen (secondary N) is 4. The number of carbonyl (C=O) groups excluding carboxylic acids is 4. The molecule has 0 aromatic heterocycles. The molecule has 0 saturated heterocycles. The first-order chi connectivity index (χ1) is 12.3. The van der Waals surface area contributed by atoms with Crippen molar-refractivity contribution in [3.8, 4) is 0 Å². The van der Waals surface area contributed by atoms with Crippen LogP contribution in [0.25, 0.3) is 0 Å². The third-order valence-electron chi connectivity index (χ3n) is 4.51. The standard InChI is InChI=1S/C18H30N4O4/c1-11(2)7-14(22-18(26)17(25)20-9-13-5-6-13)10-21-16(24)15(23)19-8-12-3-4-12/h11-14H,3-10H2,1-2H3,(H,19,23)(H,20,25)(H,21,24)(H,22,26)/t14-/m0/s1. The van der Waals surface area contributed by atoms with Crippen molar-refractivity contribution in [2.75, 3.05) is 19.6 Å². The molecule has 0 heterocycles. The second-order valence-electron chi connectivity index (χ2n) is 7.82. The fourth-order valence-corrected chi connectivity index (χ4v) is 2.59. The van der Waals surface area contributed by atoms with Crippen molar-refractivity contribution in [2.45, 2.75) is 52.0 Å². The molecule has 0 radical (unpaired) electrons. The predicted octanol–water partition coefficient (Wildman–Crippen LogP) is -0.314. The van der Waals surface area contributed by atoms with Gasteiger partial charge in [-0.3, -0.25) is 19.2 Å². The lowest BCUT2D eigenvalue weighted by molar-refractivity contribution is -0.140. The molecule has 0 aromatic carbocycles. The van der Waals surface area contributed by atoms with Crippen LogP contribution in [0.2, 0.25) is 0 Å². The van der Waals surface area contributed by atoms with Crippen molar-refractivity contribution in [1.29, 1.82) is 0 Å². The minimum Gasteiger partial charge on any atom is -0.348 e. The predicted molar refractivity (Wildman–Crippen MR) is 95.9 cm³/mol. The van der Waals surface area contributed by atoms with E-state index in [0.717, 1.165) is 25.7 Å². The van der Waals surface area contributed by atoms with Crippen LogP contribution in [0.3, 0.4) is 0 Å². The highest BCUT2D eigenvalue weighted by Gasteiger charge is 2.26. The molecule has 1 atom stereocenters. The first kappa shape index (κ1) is 20.2. The molecule has 0 aromatic rings. The molecular formula is C18H30N4O4. The van der Waals surface area contributed by atoms with Crippen LogP contribution in [0.1, 0.15) is 46.0 Å². The number of rotatable bonds is 9. The Hall–Kier alpha value is -2.12. The summed E-state index contributed by atoms with van der Waals surface area (Å²) in [6, 6.07) is -0.408. The Bertz CT molecular complexity index is 541. The van der Waals surface area contributed by atoms with E-state index in [0.29, 0.717) is 31.3 Å². The Labute approximate surface area is 154 Å². The monoisotopic (exact) mass is 366 g/mol. The number of hydrogen-bond donors (Lipinski definition) is 4. The average molecular weight is 366 g/mol. The highest BCUT2D eigenvalue weighted by Crippen LogP contribution is 2.27. The molecule has 2 aliphatic rings. The summed E-state index contributed by atoms with van der Waals surface area (Å²) < 4.78 is 0. The van der Waals surface area contributed by atoms with Crippen LogP contribution < -0.4 is 21.3 Å². The van der Waals surface area contributed by atoms with Crippen LogP contribution in [0.15, 0.2) is 0 Å². The van der Waals surface area contributed by atoms with Crippen molar-refractivity contribution < 1.29 is 19.2 Å². The third kappa shape index (κ3) is 7.84. The van der Waals surface area contributed by atoms with E-state index < -0.39 is 29.7 Å². The maximum absolute atomic E-state index is 12.0. The number of carbonyl (C=O) groups is 4. The zero-order valence-electron chi connectivity index (χ0n) is 15.6. The molecular weight excluding hydrogens is 336 g/mol. The summed E-state index contributed by atoms with van der Waals surface area (Å²) in [6.45, 7) is 5.13. The second-order valence-corrected chi connectivity index (χ2v) is 7.82. The lowest BCUT2D eigenvalue weighted by atomic mass is 10.0. The molecule has 2 fully saturated rings. The van der Waals surface area contributed by atoms with Gasteiger partial charge < -0.3 is 21.3 Å². The largest absolute Gasteiger partial charge is 0.348 e. The van der Waals surface area contributed by atoms with Gasteiger partial charge in [-0.1, -0.05) is 13.8 Å².